The molecule has 0 aliphatic heterocycles. The highest BCUT2D eigenvalue weighted by Crippen LogP contribution is 2.33. The predicted octanol–water partition coefficient (Wildman–Crippen LogP) is 4.82. The van der Waals surface area contributed by atoms with E-state index in [4.69, 9.17) is 16.3 Å². The molecule has 0 fully saturated rings. The molecule has 208 valence electrons. The summed E-state index contributed by atoms with van der Waals surface area (Å²) < 4.78 is 34.8. The van der Waals surface area contributed by atoms with Crippen molar-refractivity contribution < 1.29 is 22.7 Å². The van der Waals surface area contributed by atoms with Gasteiger partial charge in [-0.25, -0.2) is 8.42 Å². The number of para-hydroxylation sites is 2. The van der Waals surface area contributed by atoms with Crippen LogP contribution in [0.15, 0.2) is 82.6 Å². The van der Waals surface area contributed by atoms with Gasteiger partial charge in [0, 0.05) is 23.5 Å². The molecule has 0 radical (unpaired) electrons. The van der Waals surface area contributed by atoms with Crippen LogP contribution in [0.25, 0.3) is 0 Å². The second-order valence-corrected chi connectivity index (χ2v) is 11.7. The lowest BCUT2D eigenvalue weighted by Gasteiger charge is -2.32. The van der Waals surface area contributed by atoms with E-state index in [-0.39, 0.29) is 23.0 Å². The first-order chi connectivity index (χ1) is 18.6. The van der Waals surface area contributed by atoms with Gasteiger partial charge in [0.05, 0.1) is 17.2 Å². The molecule has 8 nitrogen and oxygen atoms in total. The van der Waals surface area contributed by atoms with Gasteiger partial charge in [0.15, 0.2) is 0 Å². The second-order valence-electron chi connectivity index (χ2n) is 8.53. The van der Waals surface area contributed by atoms with Crippen LogP contribution in [0.5, 0.6) is 5.75 Å². The van der Waals surface area contributed by atoms with Crippen LogP contribution >= 0.6 is 23.4 Å². The Kier molecular flexibility index (Phi) is 10.7. The number of nitrogens with one attached hydrogen (secondary N) is 1. The molecule has 0 heterocycles. The van der Waals surface area contributed by atoms with Crippen molar-refractivity contribution >= 4 is 50.9 Å². The number of halogens is 1. The Bertz CT molecular complexity index is 1380. The highest BCUT2D eigenvalue weighted by molar-refractivity contribution is 7.98. The molecule has 0 aliphatic rings. The van der Waals surface area contributed by atoms with Crippen LogP contribution in [0.3, 0.4) is 0 Å². The van der Waals surface area contributed by atoms with Crippen molar-refractivity contribution in [1.29, 1.82) is 0 Å². The molecule has 0 bridgehead atoms. The SMILES string of the molecule is CCOc1ccccc1N(CC(=O)N(Cc1ccc(Cl)cc1)[C@H](C)C(=O)NC)S(=O)(=O)c1ccc(SC)cc1. The molecule has 2 amide bonds. The molecule has 11 heteroatoms. The highest BCUT2D eigenvalue weighted by atomic mass is 35.5. The zero-order valence-corrected chi connectivity index (χ0v) is 24.6. The normalized spacial score (nSPS) is 11.9. The quantitative estimate of drug-likeness (QED) is 0.304. The number of nitrogens with zero attached hydrogens (tertiary/aromatic N) is 2. The topological polar surface area (TPSA) is 96.0 Å². The molecular weight excluding hydrogens is 558 g/mol. The van der Waals surface area contributed by atoms with E-state index in [0.717, 1.165) is 14.8 Å². The summed E-state index contributed by atoms with van der Waals surface area (Å²) in [5, 5.41) is 3.10. The summed E-state index contributed by atoms with van der Waals surface area (Å²) >= 11 is 7.51. The van der Waals surface area contributed by atoms with Gasteiger partial charge in [-0.15, -0.1) is 11.8 Å². The van der Waals surface area contributed by atoms with E-state index in [1.54, 1.807) is 74.5 Å². The Labute approximate surface area is 239 Å². The Balaban J connectivity index is 2.08. The van der Waals surface area contributed by atoms with Gasteiger partial charge >= 0.3 is 0 Å². The molecule has 3 rings (SSSR count). The third kappa shape index (κ3) is 7.46. The van der Waals surface area contributed by atoms with E-state index < -0.39 is 28.5 Å². The van der Waals surface area contributed by atoms with Crippen LogP contribution in [0, 0.1) is 0 Å². The summed E-state index contributed by atoms with van der Waals surface area (Å²) in [7, 11) is -2.72. The maximum atomic E-state index is 14.0. The number of hydrogen-bond donors (Lipinski definition) is 1. The monoisotopic (exact) mass is 589 g/mol. The van der Waals surface area contributed by atoms with Crippen LogP contribution in [0.4, 0.5) is 5.69 Å². The summed E-state index contributed by atoms with van der Waals surface area (Å²) in [6.07, 6.45) is 1.90. The second kappa shape index (κ2) is 13.7. The smallest absolute Gasteiger partial charge is 0.264 e. The number of likely N-dealkylation sites (N-methyl/N-ethyl adjacent to an activating group) is 1. The van der Waals surface area contributed by atoms with Gasteiger partial charge < -0.3 is 15.0 Å². The van der Waals surface area contributed by atoms with Gasteiger partial charge in [-0.2, -0.15) is 0 Å². The molecule has 0 unspecified atom stereocenters. The number of thioether (sulfide) groups is 1. The number of ether oxygens (including phenoxy) is 1. The van der Waals surface area contributed by atoms with Crippen molar-refractivity contribution in [2.75, 3.05) is 30.8 Å². The van der Waals surface area contributed by atoms with Crippen molar-refractivity contribution in [3.8, 4) is 5.75 Å². The van der Waals surface area contributed by atoms with Gasteiger partial charge in [0.2, 0.25) is 11.8 Å². The first kappa shape index (κ1) is 30.3. The van der Waals surface area contributed by atoms with Crippen molar-refractivity contribution in [2.24, 2.45) is 0 Å². The van der Waals surface area contributed by atoms with Gasteiger partial charge in [0.25, 0.3) is 10.0 Å². The molecule has 3 aromatic carbocycles. The lowest BCUT2D eigenvalue weighted by Crippen LogP contribution is -2.50. The zero-order chi connectivity index (χ0) is 28.6. The number of hydrogen-bond acceptors (Lipinski definition) is 6. The van der Waals surface area contributed by atoms with Crippen LogP contribution in [0.2, 0.25) is 5.02 Å². The third-order valence-corrected chi connectivity index (χ3v) is 8.81. The molecule has 0 saturated heterocycles. The lowest BCUT2D eigenvalue weighted by molar-refractivity contribution is -0.139. The molecule has 1 N–H and O–H groups in total. The maximum absolute atomic E-state index is 14.0. The molecule has 0 spiro atoms. The summed E-state index contributed by atoms with van der Waals surface area (Å²) in [6, 6.07) is 19.1. The van der Waals surface area contributed by atoms with Gasteiger partial charge in [-0.1, -0.05) is 35.9 Å². The number of benzene rings is 3. The zero-order valence-electron chi connectivity index (χ0n) is 22.3. The summed E-state index contributed by atoms with van der Waals surface area (Å²) in [6.45, 7) is 3.22. The summed E-state index contributed by atoms with van der Waals surface area (Å²) in [5.41, 5.74) is 0.959. The van der Waals surface area contributed by atoms with Crippen LogP contribution < -0.4 is 14.4 Å². The Morgan fingerprint density at radius 1 is 1.03 bits per heavy atom. The number of sulfonamides is 1. The highest BCUT2D eigenvalue weighted by Gasteiger charge is 2.33. The third-order valence-electron chi connectivity index (χ3n) is 6.04. The van der Waals surface area contributed by atoms with Crippen molar-refractivity contribution in [1.82, 2.24) is 10.2 Å². The van der Waals surface area contributed by atoms with Crippen molar-refractivity contribution in [3.63, 3.8) is 0 Å². The van der Waals surface area contributed by atoms with Crippen LogP contribution in [-0.4, -0.2) is 57.6 Å². The Hall–Kier alpha value is -3.21. The minimum Gasteiger partial charge on any atom is -0.492 e. The standard InChI is InChI=1S/C28H32ClN3O5S2/c1-5-37-26-9-7-6-8-25(26)32(39(35,36)24-16-14-23(38-4)15-17-24)19-27(33)31(20(2)28(34)30-3)18-21-10-12-22(29)13-11-21/h6-17,20H,5,18-19H2,1-4H3,(H,30,34)/t20-/m1/s1. The molecule has 3 aromatic rings. The fourth-order valence-corrected chi connectivity index (χ4v) is 5.87. The van der Waals surface area contributed by atoms with Gasteiger partial charge in [0.1, 0.15) is 18.3 Å². The Morgan fingerprint density at radius 2 is 1.67 bits per heavy atom. The molecule has 1 atom stereocenters. The molecular formula is C28H32ClN3O5S2. The van der Waals surface area contributed by atoms with Gasteiger partial charge in [-0.3, -0.25) is 13.9 Å². The lowest BCUT2D eigenvalue weighted by atomic mass is 10.1. The fourth-order valence-electron chi connectivity index (χ4n) is 3.91. The fraction of sp³-hybridized carbons (Fsp3) is 0.286. The van der Waals surface area contributed by atoms with E-state index in [0.29, 0.717) is 17.4 Å². The van der Waals surface area contributed by atoms with Crippen molar-refractivity contribution in [2.45, 2.75) is 36.2 Å². The number of carbonyl (C=O) groups excluding carboxylic acids is 2. The van der Waals surface area contributed by atoms with Crippen LogP contribution in [0.1, 0.15) is 19.4 Å². The summed E-state index contributed by atoms with van der Waals surface area (Å²) in [4.78, 5) is 28.8. The number of carbonyl (C=O) groups is 2. The van der Waals surface area contributed by atoms with Gasteiger partial charge in [-0.05, 0) is 74.2 Å². The predicted molar refractivity (Wildman–Crippen MR) is 156 cm³/mol. The maximum Gasteiger partial charge on any atom is 0.264 e. The van der Waals surface area contributed by atoms with E-state index >= 15 is 0 Å². The number of anilines is 1. The average molecular weight is 590 g/mol. The molecule has 39 heavy (non-hydrogen) atoms. The number of amides is 2. The molecule has 0 aromatic heterocycles. The van der Waals surface area contributed by atoms with E-state index in [1.807, 2.05) is 6.26 Å². The van der Waals surface area contributed by atoms with E-state index in [1.165, 1.54) is 35.8 Å². The Morgan fingerprint density at radius 3 is 2.26 bits per heavy atom. The molecule has 0 aliphatic carbocycles. The first-order valence-electron chi connectivity index (χ1n) is 12.3. The van der Waals surface area contributed by atoms with Crippen LogP contribution in [-0.2, 0) is 26.2 Å². The molecule has 0 saturated carbocycles. The first-order valence-corrected chi connectivity index (χ1v) is 15.3. The summed E-state index contributed by atoms with van der Waals surface area (Å²) in [5.74, 6) is -0.619. The van der Waals surface area contributed by atoms with E-state index in [2.05, 4.69) is 5.32 Å². The van der Waals surface area contributed by atoms with E-state index in [9.17, 15) is 18.0 Å². The largest absolute Gasteiger partial charge is 0.492 e. The minimum absolute atomic E-state index is 0.0306. The average Bonchev–Trinajstić information content (AvgIpc) is 2.95. The minimum atomic E-state index is -4.20. The number of rotatable bonds is 12. The van der Waals surface area contributed by atoms with Crippen molar-refractivity contribution in [3.05, 3.63) is 83.4 Å².